The van der Waals surface area contributed by atoms with Crippen molar-refractivity contribution in [2.45, 2.75) is 57.1 Å². The van der Waals surface area contributed by atoms with E-state index in [1.807, 2.05) is 12.1 Å². The molecule has 4 aliphatic carbocycles. The summed E-state index contributed by atoms with van der Waals surface area (Å²) < 4.78 is 0. The standard InChI is InChI=1S/C21H28ClN3O2/c22-16-3-4-18(23-11-16)25-5-1-2-17(12-25)24-20(27)21-8-13-6-14(9-21)19(26)15(7-13)10-21/h3-4,11,13-15,17,19,26H,1-2,5-10,12H2,(H,24,27). The van der Waals surface area contributed by atoms with Crippen LogP contribution < -0.4 is 10.2 Å². The molecule has 0 radical (unpaired) electrons. The summed E-state index contributed by atoms with van der Waals surface area (Å²) in [4.78, 5) is 20.0. The van der Waals surface area contributed by atoms with Gasteiger partial charge in [0, 0.05) is 25.3 Å². The molecule has 4 bridgehead atoms. The summed E-state index contributed by atoms with van der Waals surface area (Å²) in [6.07, 6.45) is 8.58. The number of amides is 1. The Labute approximate surface area is 165 Å². The fourth-order valence-electron chi connectivity index (χ4n) is 6.47. The number of aromatic nitrogens is 1. The second kappa shape index (κ2) is 6.63. The Balaban J connectivity index is 1.26. The van der Waals surface area contributed by atoms with E-state index in [-0.39, 0.29) is 23.5 Å². The number of piperidine rings is 1. The van der Waals surface area contributed by atoms with Crippen LogP contribution in [0.15, 0.2) is 18.3 Å². The lowest BCUT2D eigenvalue weighted by Gasteiger charge is -2.58. The van der Waals surface area contributed by atoms with Crippen molar-refractivity contribution in [3.8, 4) is 0 Å². The molecule has 0 spiro atoms. The highest BCUT2D eigenvalue weighted by Gasteiger charge is 2.58. The number of aliphatic hydroxyl groups excluding tert-OH is 1. The summed E-state index contributed by atoms with van der Waals surface area (Å²) in [5.74, 6) is 2.48. The minimum atomic E-state index is -0.226. The zero-order chi connectivity index (χ0) is 18.6. The third-order valence-electron chi connectivity index (χ3n) is 7.50. The molecule has 4 saturated carbocycles. The number of nitrogens with zero attached hydrogens (tertiary/aromatic N) is 2. The van der Waals surface area contributed by atoms with Gasteiger partial charge in [-0.05, 0) is 74.8 Å². The molecule has 3 atom stereocenters. The van der Waals surface area contributed by atoms with Crippen LogP contribution in [-0.4, -0.2) is 41.2 Å². The van der Waals surface area contributed by atoms with Gasteiger partial charge in [-0.1, -0.05) is 11.6 Å². The molecule has 5 nitrogen and oxygen atoms in total. The van der Waals surface area contributed by atoms with Gasteiger partial charge in [0.1, 0.15) is 5.82 Å². The highest BCUT2D eigenvalue weighted by molar-refractivity contribution is 6.30. The molecule has 1 aromatic heterocycles. The molecule has 3 unspecified atom stereocenters. The molecule has 27 heavy (non-hydrogen) atoms. The van der Waals surface area contributed by atoms with Crippen molar-refractivity contribution in [3.63, 3.8) is 0 Å². The fraction of sp³-hybridized carbons (Fsp3) is 0.714. The maximum absolute atomic E-state index is 13.3. The molecule has 146 valence electrons. The summed E-state index contributed by atoms with van der Waals surface area (Å²) >= 11 is 5.95. The Kier molecular flexibility index (Phi) is 4.36. The van der Waals surface area contributed by atoms with Crippen LogP contribution in [-0.2, 0) is 4.79 Å². The first-order valence-electron chi connectivity index (χ1n) is 10.4. The van der Waals surface area contributed by atoms with E-state index >= 15 is 0 Å². The molecular formula is C21H28ClN3O2. The summed E-state index contributed by atoms with van der Waals surface area (Å²) in [5, 5.41) is 14.5. The minimum absolute atomic E-state index is 0.168. The van der Waals surface area contributed by atoms with Crippen molar-refractivity contribution >= 4 is 23.3 Å². The fourth-order valence-corrected chi connectivity index (χ4v) is 6.58. The van der Waals surface area contributed by atoms with Crippen LogP contribution in [0.25, 0.3) is 0 Å². The number of halogens is 1. The number of anilines is 1. The number of nitrogens with one attached hydrogen (secondary N) is 1. The predicted molar refractivity (Wildman–Crippen MR) is 105 cm³/mol. The Morgan fingerprint density at radius 1 is 1.26 bits per heavy atom. The van der Waals surface area contributed by atoms with Crippen LogP contribution in [0.1, 0.15) is 44.9 Å². The first-order chi connectivity index (χ1) is 13.0. The van der Waals surface area contributed by atoms with Crippen molar-refractivity contribution in [2.24, 2.45) is 23.2 Å². The van der Waals surface area contributed by atoms with Gasteiger partial charge in [-0.3, -0.25) is 4.79 Å². The van der Waals surface area contributed by atoms with Gasteiger partial charge in [0.2, 0.25) is 5.91 Å². The summed E-state index contributed by atoms with van der Waals surface area (Å²) in [7, 11) is 0. The van der Waals surface area contributed by atoms with E-state index < -0.39 is 0 Å². The van der Waals surface area contributed by atoms with Crippen LogP contribution in [0.5, 0.6) is 0 Å². The number of hydrogen-bond acceptors (Lipinski definition) is 4. The Morgan fingerprint density at radius 2 is 2.04 bits per heavy atom. The molecule has 5 fully saturated rings. The number of aliphatic hydroxyl groups is 1. The molecule has 1 saturated heterocycles. The lowest BCUT2D eigenvalue weighted by molar-refractivity contribution is -0.163. The van der Waals surface area contributed by atoms with E-state index in [0.29, 0.717) is 22.8 Å². The van der Waals surface area contributed by atoms with Gasteiger partial charge in [0.25, 0.3) is 0 Å². The molecule has 1 aromatic rings. The van der Waals surface area contributed by atoms with E-state index in [9.17, 15) is 9.90 Å². The Morgan fingerprint density at radius 3 is 2.74 bits per heavy atom. The third kappa shape index (κ3) is 3.13. The SMILES string of the molecule is O=C(NC1CCCN(c2ccc(Cl)cn2)C1)C12CC3CC(C1)C(O)C(C3)C2. The van der Waals surface area contributed by atoms with Gasteiger partial charge in [-0.15, -0.1) is 0 Å². The van der Waals surface area contributed by atoms with Crippen molar-refractivity contribution in [2.75, 3.05) is 18.0 Å². The molecule has 6 heteroatoms. The van der Waals surface area contributed by atoms with Crippen LogP contribution in [0.3, 0.4) is 0 Å². The van der Waals surface area contributed by atoms with E-state index in [1.54, 1.807) is 6.20 Å². The maximum Gasteiger partial charge on any atom is 0.226 e. The van der Waals surface area contributed by atoms with Gasteiger partial charge >= 0.3 is 0 Å². The minimum Gasteiger partial charge on any atom is -0.393 e. The van der Waals surface area contributed by atoms with Gasteiger partial charge in [-0.2, -0.15) is 0 Å². The average molecular weight is 390 g/mol. The molecule has 0 aromatic carbocycles. The zero-order valence-corrected chi connectivity index (χ0v) is 16.4. The number of rotatable bonds is 3. The monoisotopic (exact) mass is 389 g/mol. The van der Waals surface area contributed by atoms with Crippen molar-refractivity contribution < 1.29 is 9.90 Å². The smallest absolute Gasteiger partial charge is 0.226 e. The van der Waals surface area contributed by atoms with Crippen molar-refractivity contribution in [3.05, 3.63) is 23.4 Å². The quantitative estimate of drug-likeness (QED) is 0.834. The highest BCUT2D eigenvalue weighted by atomic mass is 35.5. The second-order valence-electron chi connectivity index (χ2n) is 9.33. The number of hydrogen-bond donors (Lipinski definition) is 2. The van der Waals surface area contributed by atoms with Crippen LogP contribution in [0.4, 0.5) is 5.82 Å². The van der Waals surface area contributed by atoms with E-state index in [2.05, 4.69) is 15.2 Å². The highest BCUT2D eigenvalue weighted by Crippen LogP contribution is 2.60. The summed E-state index contributed by atoms with van der Waals surface area (Å²) in [5.41, 5.74) is -0.226. The van der Waals surface area contributed by atoms with Gasteiger partial charge in [0.05, 0.1) is 16.5 Å². The first-order valence-corrected chi connectivity index (χ1v) is 10.8. The van der Waals surface area contributed by atoms with E-state index in [4.69, 9.17) is 11.6 Å². The zero-order valence-electron chi connectivity index (χ0n) is 15.6. The second-order valence-corrected chi connectivity index (χ2v) is 9.77. The topological polar surface area (TPSA) is 65.5 Å². The molecule has 6 rings (SSSR count). The molecule has 1 aliphatic heterocycles. The molecule has 5 aliphatic rings. The number of carbonyl (C=O) groups excluding carboxylic acids is 1. The lowest BCUT2D eigenvalue weighted by atomic mass is 9.48. The molecular weight excluding hydrogens is 362 g/mol. The maximum atomic E-state index is 13.3. The summed E-state index contributed by atoms with van der Waals surface area (Å²) in [6.45, 7) is 1.76. The van der Waals surface area contributed by atoms with Crippen molar-refractivity contribution in [1.29, 1.82) is 0 Å². The van der Waals surface area contributed by atoms with E-state index in [0.717, 1.165) is 63.9 Å². The van der Waals surface area contributed by atoms with E-state index in [1.165, 1.54) is 0 Å². The largest absolute Gasteiger partial charge is 0.393 e. The number of pyridine rings is 1. The Bertz CT molecular complexity index is 709. The van der Waals surface area contributed by atoms with Crippen LogP contribution in [0.2, 0.25) is 5.02 Å². The first kappa shape index (κ1) is 17.7. The van der Waals surface area contributed by atoms with Crippen LogP contribution >= 0.6 is 11.6 Å². The third-order valence-corrected chi connectivity index (χ3v) is 7.72. The van der Waals surface area contributed by atoms with Gasteiger partial charge in [-0.25, -0.2) is 4.98 Å². The van der Waals surface area contributed by atoms with Gasteiger partial charge in [0.15, 0.2) is 0 Å². The van der Waals surface area contributed by atoms with Gasteiger partial charge < -0.3 is 15.3 Å². The molecule has 2 heterocycles. The lowest BCUT2D eigenvalue weighted by Crippen LogP contribution is -2.60. The predicted octanol–water partition coefficient (Wildman–Crippen LogP) is 3.01. The Hall–Kier alpha value is -1.33. The van der Waals surface area contributed by atoms with Crippen molar-refractivity contribution in [1.82, 2.24) is 10.3 Å². The normalized spacial score (nSPS) is 40.2. The average Bonchev–Trinajstić information content (AvgIpc) is 2.66. The molecule has 2 N–H and O–H groups in total. The van der Waals surface area contributed by atoms with Crippen LogP contribution in [0, 0.1) is 23.2 Å². The number of carbonyl (C=O) groups is 1. The summed E-state index contributed by atoms with van der Waals surface area (Å²) in [6, 6.07) is 3.99. The molecule has 1 amide bonds.